The molecule has 2 aromatic rings. The minimum Gasteiger partial charge on any atom is -0.453 e. The topological polar surface area (TPSA) is 148 Å². The number of nitrogen functional groups attached to an aromatic ring is 1. The number of unbranched alkanes of at least 4 members (excludes halogenated alkanes) is 1. The monoisotopic (exact) mass is 391 g/mol. The molecule has 11 nitrogen and oxygen atoms in total. The maximum absolute atomic E-state index is 12.3. The first-order valence-electron chi connectivity index (χ1n) is 8.53. The van der Waals surface area contributed by atoms with E-state index in [4.69, 9.17) is 10.5 Å². The van der Waals surface area contributed by atoms with Crippen LogP contribution in [0, 0.1) is 0 Å². The molecule has 0 atom stereocenters. The van der Waals surface area contributed by atoms with Crippen LogP contribution in [0.15, 0.2) is 26.5 Å². The van der Waals surface area contributed by atoms with E-state index in [1.54, 1.807) is 0 Å². The largest absolute Gasteiger partial charge is 0.453 e. The Hall–Kier alpha value is -3.50. The van der Waals surface area contributed by atoms with Crippen molar-refractivity contribution in [3.05, 3.63) is 54.6 Å². The Bertz CT molecular complexity index is 1090. The van der Waals surface area contributed by atoms with Crippen LogP contribution in [0.1, 0.15) is 40.6 Å². The highest BCUT2D eigenvalue weighted by molar-refractivity contribution is 6.02. The number of ketones is 1. The predicted molar refractivity (Wildman–Crippen MR) is 99.4 cm³/mol. The molecule has 0 amide bonds. The van der Waals surface area contributed by atoms with Crippen LogP contribution in [-0.4, -0.2) is 37.3 Å². The van der Waals surface area contributed by atoms with Crippen LogP contribution < -0.4 is 22.5 Å². The van der Waals surface area contributed by atoms with E-state index in [0.29, 0.717) is 13.0 Å². The molecule has 0 radical (unpaired) electrons. The molecule has 0 unspecified atom stereocenters. The third kappa shape index (κ3) is 4.08. The molecule has 28 heavy (non-hydrogen) atoms. The zero-order valence-electron chi connectivity index (χ0n) is 15.8. The van der Waals surface area contributed by atoms with E-state index < -0.39 is 35.2 Å². The first-order chi connectivity index (χ1) is 13.2. The van der Waals surface area contributed by atoms with Gasteiger partial charge in [-0.15, -0.1) is 0 Å². The van der Waals surface area contributed by atoms with Gasteiger partial charge in [-0.2, -0.15) is 5.10 Å². The number of anilines is 1. The molecule has 0 saturated heterocycles. The number of nitrogens with two attached hydrogens (primary N) is 1. The van der Waals surface area contributed by atoms with E-state index in [1.165, 1.54) is 26.2 Å². The molecule has 0 fully saturated rings. The third-order valence-electron chi connectivity index (χ3n) is 4.12. The van der Waals surface area contributed by atoms with Crippen LogP contribution in [0.2, 0.25) is 0 Å². The molecule has 2 aromatic heterocycles. The molecule has 0 aliphatic rings. The number of esters is 1. The van der Waals surface area contributed by atoms with Crippen molar-refractivity contribution < 1.29 is 14.3 Å². The fourth-order valence-corrected chi connectivity index (χ4v) is 2.43. The Labute approximate surface area is 159 Å². The normalized spacial score (nSPS) is 10.7. The Morgan fingerprint density at radius 1 is 1.14 bits per heavy atom. The summed E-state index contributed by atoms with van der Waals surface area (Å²) in [4.78, 5) is 60.2. The Morgan fingerprint density at radius 2 is 1.82 bits per heavy atom. The Balaban J connectivity index is 2.20. The number of carbonyl (C=O) groups is 2. The summed E-state index contributed by atoms with van der Waals surface area (Å²) in [7, 11) is 2.51. The van der Waals surface area contributed by atoms with Gasteiger partial charge >= 0.3 is 11.7 Å². The van der Waals surface area contributed by atoms with Crippen molar-refractivity contribution in [1.82, 2.24) is 18.9 Å². The number of rotatable bonds is 7. The van der Waals surface area contributed by atoms with Crippen LogP contribution in [0.5, 0.6) is 0 Å². The van der Waals surface area contributed by atoms with Crippen LogP contribution in [0.3, 0.4) is 0 Å². The second-order valence-electron chi connectivity index (χ2n) is 6.10. The summed E-state index contributed by atoms with van der Waals surface area (Å²) in [5.41, 5.74) is 3.17. The summed E-state index contributed by atoms with van der Waals surface area (Å²) in [5, 5.41) is 3.92. The lowest BCUT2D eigenvalue weighted by Gasteiger charge is -2.11. The molecule has 0 aromatic carbocycles. The van der Waals surface area contributed by atoms with Gasteiger partial charge in [0.2, 0.25) is 5.78 Å². The maximum atomic E-state index is 12.3. The van der Waals surface area contributed by atoms with Gasteiger partial charge in [0.25, 0.3) is 11.1 Å². The van der Waals surface area contributed by atoms with E-state index in [1.807, 2.05) is 6.92 Å². The molecule has 0 spiro atoms. The van der Waals surface area contributed by atoms with Crippen molar-refractivity contribution in [2.24, 2.45) is 14.1 Å². The van der Waals surface area contributed by atoms with E-state index in [2.05, 4.69) is 5.10 Å². The average molecular weight is 391 g/mol. The summed E-state index contributed by atoms with van der Waals surface area (Å²) >= 11 is 0. The lowest BCUT2D eigenvalue weighted by Crippen LogP contribution is -2.42. The summed E-state index contributed by atoms with van der Waals surface area (Å²) in [6.07, 6.45) is 1.55. The summed E-state index contributed by atoms with van der Waals surface area (Å²) < 4.78 is 7.73. The molecule has 2 rings (SSSR count). The number of aryl methyl sites for hydroxylation is 1. The number of nitrogens with zero attached hydrogens (tertiary/aromatic N) is 4. The number of aromatic nitrogens is 4. The number of carbonyl (C=O) groups excluding carboxylic acids is 2. The molecular weight excluding hydrogens is 370 g/mol. The highest BCUT2D eigenvalue weighted by Gasteiger charge is 2.22. The van der Waals surface area contributed by atoms with Crippen molar-refractivity contribution in [3.63, 3.8) is 0 Å². The molecule has 2 N–H and O–H groups in total. The van der Waals surface area contributed by atoms with Gasteiger partial charge in [-0.3, -0.25) is 23.5 Å². The molecule has 11 heteroatoms. The predicted octanol–water partition coefficient (Wildman–Crippen LogP) is -0.937. The van der Waals surface area contributed by atoms with E-state index in [0.717, 1.165) is 20.2 Å². The summed E-state index contributed by atoms with van der Waals surface area (Å²) in [6.45, 7) is 1.52. The van der Waals surface area contributed by atoms with Gasteiger partial charge in [0, 0.05) is 26.7 Å². The lowest BCUT2D eigenvalue weighted by atomic mass is 10.2. The van der Waals surface area contributed by atoms with E-state index >= 15 is 0 Å². The zero-order valence-corrected chi connectivity index (χ0v) is 15.8. The molecule has 0 saturated carbocycles. The molecule has 150 valence electrons. The third-order valence-corrected chi connectivity index (χ3v) is 4.12. The SMILES string of the molecule is CCCCn1nc(C(=O)OCC(=O)c2c(N)n(C)c(=O)n(C)c2=O)ccc1=O. The van der Waals surface area contributed by atoms with Crippen LogP contribution in [0.4, 0.5) is 5.82 Å². The summed E-state index contributed by atoms with van der Waals surface area (Å²) in [6, 6.07) is 2.37. The summed E-state index contributed by atoms with van der Waals surface area (Å²) in [5.74, 6) is -2.11. The molecular formula is C17H21N5O6. The first-order valence-corrected chi connectivity index (χ1v) is 8.53. The van der Waals surface area contributed by atoms with Crippen molar-refractivity contribution in [2.75, 3.05) is 12.3 Å². The Kier molecular flexibility index (Phi) is 6.29. The zero-order chi connectivity index (χ0) is 21.0. The number of ether oxygens (including phenoxy) is 1. The standard InChI is InChI=1S/C17H21N5O6/c1-4-5-8-22-12(24)7-6-10(19-22)16(26)28-9-11(23)13-14(18)20(2)17(27)21(3)15(13)25/h6-7H,4-5,8-9,18H2,1-3H3. The van der Waals surface area contributed by atoms with Gasteiger partial charge in [0.15, 0.2) is 12.3 Å². The molecule has 0 aliphatic carbocycles. The van der Waals surface area contributed by atoms with Crippen LogP contribution in [0.25, 0.3) is 0 Å². The second kappa shape index (κ2) is 8.46. The van der Waals surface area contributed by atoms with E-state index in [9.17, 15) is 24.0 Å². The lowest BCUT2D eigenvalue weighted by molar-refractivity contribution is 0.0465. The fourth-order valence-electron chi connectivity index (χ4n) is 2.43. The minimum atomic E-state index is -0.932. The molecule has 0 aliphatic heterocycles. The fraction of sp³-hybridized carbons (Fsp3) is 0.412. The number of hydrogen-bond donors (Lipinski definition) is 1. The van der Waals surface area contributed by atoms with Crippen molar-refractivity contribution in [2.45, 2.75) is 26.3 Å². The van der Waals surface area contributed by atoms with Gasteiger partial charge in [-0.25, -0.2) is 14.3 Å². The van der Waals surface area contributed by atoms with Gasteiger partial charge in [-0.1, -0.05) is 13.3 Å². The average Bonchev–Trinajstić information content (AvgIpc) is 2.68. The second-order valence-corrected chi connectivity index (χ2v) is 6.10. The van der Waals surface area contributed by atoms with Gasteiger partial charge in [0.1, 0.15) is 11.4 Å². The number of hydrogen-bond acceptors (Lipinski definition) is 8. The highest BCUT2D eigenvalue weighted by atomic mass is 16.5. The van der Waals surface area contributed by atoms with Crippen molar-refractivity contribution in [3.8, 4) is 0 Å². The molecule has 2 heterocycles. The van der Waals surface area contributed by atoms with Crippen LogP contribution in [-0.2, 0) is 25.4 Å². The van der Waals surface area contributed by atoms with Gasteiger partial charge in [0.05, 0.1) is 0 Å². The first kappa shape index (κ1) is 20.8. The highest BCUT2D eigenvalue weighted by Crippen LogP contribution is 2.05. The van der Waals surface area contributed by atoms with Gasteiger partial charge in [-0.05, 0) is 12.5 Å². The Morgan fingerprint density at radius 3 is 2.46 bits per heavy atom. The smallest absolute Gasteiger partial charge is 0.359 e. The quantitative estimate of drug-likeness (QED) is 0.470. The van der Waals surface area contributed by atoms with E-state index in [-0.39, 0.29) is 17.1 Å². The van der Waals surface area contributed by atoms with Gasteiger partial charge < -0.3 is 10.5 Å². The minimum absolute atomic E-state index is 0.148. The number of Topliss-reactive ketones (excluding diaryl/α,β-unsaturated/α-hetero) is 1. The maximum Gasteiger partial charge on any atom is 0.359 e. The van der Waals surface area contributed by atoms with Crippen LogP contribution >= 0.6 is 0 Å². The van der Waals surface area contributed by atoms with Crippen molar-refractivity contribution in [1.29, 1.82) is 0 Å². The van der Waals surface area contributed by atoms with Crippen molar-refractivity contribution >= 4 is 17.6 Å². The molecule has 0 bridgehead atoms.